The second-order valence-corrected chi connectivity index (χ2v) is 4.33. The van der Waals surface area contributed by atoms with Gasteiger partial charge in [-0.2, -0.15) is 0 Å². The van der Waals surface area contributed by atoms with Crippen LogP contribution in [0.25, 0.3) is 0 Å². The SMILES string of the molecule is COC[C@@](C)(O)CNC(=O)Nc1c(F)cccc1F. The molecule has 0 fully saturated rings. The molecule has 2 amide bonds. The van der Waals surface area contributed by atoms with Crippen molar-refractivity contribution >= 4 is 11.7 Å². The number of amides is 2. The maximum Gasteiger partial charge on any atom is 0.319 e. The van der Waals surface area contributed by atoms with Crippen LogP contribution in [0.1, 0.15) is 6.92 Å². The van der Waals surface area contributed by atoms with Gasteiger partial charge in [0.1, 0.15) is 22.9 Å². The highest BCUT2D eigenvalue weighted by atomic mass is 19.1. The minimum absolute atomic E-state index is 0.0152. The predicted octanol–water partition coefficient (Wildman–Crippen LogP) is 1.48. The zero-order chi connectivity index (χ0) is 14.5. The fourth-order valence-corrected chi connectivity index (χ4v) is 1.41. The maximum absolute atomic E-state index is 13.3. The van der Waals surface area contributed by atoms with Gasteiger partial charge >= 0.3 is 6.03 Å². The molecule has 0 heterocycles. The molecular formula is C12H16F2N2O3. The van der Waals surface area contributed by atoms with E-state index in [2.05, 4.69) is 5.32 Å². The average Bonchev–Trinajstić information content (AvgIpc) is 2.32. The summed E-state index contributed by atoms with van der Waals surface area (Å²) in [5.74, 6) is -1.75. The summed E-state index contributed by atoms with van der Waals surface area (Å²) in [4.78, 5) is 11.5. The van der Waals surface area contributed by atoms with Gasteiger partial charge < -0.3 is 20.5 Å². The first-order valence-corrected chi connectivity index (χ1v) is 5.56. The molecular weight excluding hydrogens is 258 g/mol. The number of hydrogen-bond donors (Lipinski definition) is 3. The van der Waals surface area contributed by atoms with Crippen LogP contribution in [0.5, 0.6) is 0 Å². The van der Waals surface area contributed by atoms with Gasteiger partial charge in [0.2, 0.25) is 0 Å². The number of benzene rings is 1. The van der Waals surface area contributed by atoms with Crippen molar-refractivity contribution in [1.82, 2.24) is 5.32 Å². The van der Waals surface area contributed by atoms with Gasteiger partial charge in [0.05, 0.1) is 13.2 Å². The monoisotopic (exact) mass is 274 g/mol. The van der Waals surface area contributed by atoms with E-state index in [4.69, 9.17) is 4.74 Å². The van der Waals surface area contributed by atoms with Crippen LogP contribution < -0.4 is 10.6 Å². The van der Waals surface area contributed by atoms with E-state index in [1.807, 2.05) is 5.32 Å². The minimum Gasteiger partial charge on any atom is -0.386 e. The molecule has 3 N–H and O–H groups in total. The summed E-state index contributed by atoms with van der Waals surface area (Å²) in [5, 5.41) is 14.1. The zero-order valence-electron chi connectivity index (χ0n) is 10.7. The van der Waals surface area contributed by atoms with Crippen LogP contribution in [0.4, 0.5) is 19.3 Å². The van der Waals surface area contributed by atoms with E-state index in [0.717, 1.165) is 12.1 Å². The molecule has 1 rings (SSSR count). The van der Waals surface area contributed by atoms with E-state index >= 15 is 0 Å². The van der Waals surface area contributed by atoms with Gasteiger partial charge in [-0.05, 0) is 19.1 Å². The first-order valence-electron chi connectivity index (χ1n) is 5.56. The Morgan fingerprint density at radius 1 is 1.42 bits per heavy atom. The third kappa shape index (κ3) is 4.80. The average molecular weight is 274 g/mol. The number of para-hydroxylation sites is 1. The third-order valence-corrected chi connectivity index (χ3v) is 2.29. The molecule has 0 radical (unpaired) electrons. The van der Waals surface area contributed by atoms with Crippen LogP contribution >= 0.6 is 0 Å². The first-order chi connectivity index (χ1) is 8.85. The Labute approximate surface area is 109 Å². The summed E-state index contributed by atoms with van der Waals surface area (Å²) in [5.41, 5.74) is -1.80. The number of halogens is 2. The lowest BCUT2D eigenvalue weighted by Gasteiger charge is -2.22. The molecule has 7 heteroatoms. The smallest absolute Gasteiger partial charge is 0.319 e. The Morgan fingerprint density at radius 3 is 2.53 bits per heavy atom. The lowest BCUT2D eigenvalue weighted by molar-refractivity contribution is -0.0133. The number of aliphatic hydroxyl groups is 1. The fourth-order valence-electron chi connectivity index (χ4n) is 1.41. The minimum atomic E-state index is -1.26. The van der Waals surface area contributed by atoms with Crippen molar-refractivity contribution in [2.24, 2.45) is 0 Å². The van der Waals surface area contributed by atoms with Gasteiger partial charge in [-0.15, -0.1) is 0 Å². The van der Waals surface area contributed by atoms with Gasteiger partial charge in [-0.25, -0.2) is 13.6 Å². The number of rotatable bonds is 5. The van der Waals surface area contributed by atoms with Gasteiger partial charge in [-0.3, -0.25) is 0 Å². The third-order valence-electron chi connectivity index (χ3n) is 2.29. The molecule has 0 aromatic heterocycles. The summed E-state index contributed by atoms with van der Waals surface area (Å²) < 4.78 is 31.3. The van der Waals surface area contributed by atoms with Crippen LogP contribution in [0.15, 0.2) is 18.2 Å². The van der Waals surface area contributed by atoms with Crippen molar-refractivity contribution < 1.29 is 23.4 Å². The highest BCUT2D eigenvalue weighted by molar-refractivity contribution is 5.89. The standard InChI is InChI=1S/C12H16F2N2O3/c1-12(18,7-19-2)6-15-11(17)16-10-8(13)4-3-5-9(10)14/h3-5,18H,6-7H2,1-2H3,(H2,15,16,17)/t12-/m0/s1. The number of carbonyl (C=O) groups excluding carboxylic acids is 1. The van der Waals surface area contributed by atoms with Gasteiger partial charge in [0.15, 0.2) is 0 Å². The molecule has 1 aromatic carbocycles. The molecule has 1 atom stereocenters. The summed E-state index contributed by atoms with van der Waals surface area (Å²) in [6.45, 7) is 1.35. The van der Waals surface area contributed by atoms with E-state index in [-0.39, 0.29) is 13.2 Å². The molecule has 106 valence electrons. The van der Waals surface area contributed by atoms with Crippen LogP contribution in [-0.4, -0.2) is 37.0 Å². The Morgan fingerprint density at radius 2 is 2.00 bits per heavy atom. The molecule has 19 heavy (non-hydrogen) atoms. The van der Waals surface area contributed by atoms with Gasteiger partial charge in [0.25, 0.3) is 0 Å². The van der Waals surface area contributed by atoms with Crippen molar-refractivity contribution in [2.45, 2.75) is 12.5 Å². The molecule has 0 saturated heterocycles. The van der Waals surface area contributed by atoms with Crippen LogP contribution in [-0.2, 0) is 4.74 Å². The lowest BCUT2D eigenvalue weighted by Crippen LogP contribution is -2.45. The van der Waals surface area contributed by atoms with Crippen LogP contribution in [0, 0.1) is 11.6 Å². The number of nitrogens with one attached hydrogen (secondary N) is 2. The molecule has 0 aliphatic rings. The summed E-state index contributed by atoms with van der Waals surface area (Å²) in [7, 11) is 1.41. The molecule has 0 saturated carbocycles. The van der Waals surface area contributed by atoms with Crippen molar-refractivity contribution in [1.29, 1.82) is 0 Å². The Balaban J connectivity index is 2.57. The van der Waals surface area contributed by atoms with Crippen LogP contribution in [0.2, 0.25) is 0 Å². The van der Waals surface area contributed by atoms with Crippen LogP contribution in [0.3, 0.4) is 0 Å². The molecule has 0 unspecified atom stereocenters. The predicted molar refractivity (Wildman–Crippen MR) is 65.9 cm³/mol. The van der Waals surface area contributed by atoms with E-state index in [1.165, 1.54) is 20.1 Å². The molecule has 1 aromatic rings. The lowest BCUT2D eigenvalue weighted by atomic mass is 10.1. The highest BCUT2D eigenvalue weighted by Crippen LogP contribution is 2.17. The number of urea groups is 1. The molecule has 0 aliphatic carbocycles. The van der Waals surface area contributed by atoms with E-state index in [9.17, 15) is 18.7 Å². The normalized spacial score (nSPS) is 13.7. The fraction of sp³-hybridized carbons (Fsp3) is 0.417. The van der Waals surface area contributed by atoms with E-state index in [0.29, 0.717) is 0 Å². The van der Waals surface area contributed by atoms with Crippen molar-refractivity contribution in [3.05, 3.63) is 29.8 Å². The largest absolute Gasteiger partial charge is 0.386 e. The summed E-state index contributed by atoms with van der Waals surface area (Å²) in [6, 6.07) is 2.43. The first kappa shape index (κ1) is 15.3. The highest BCUT2D eigenvalue weighted by Gasteiger charge is 2.21. The molecule has 0 spiro atoms. The van der Waals surface area contributed by atoms with Gasteiger partial charge in [0, 0.05) is 7.11 Å². The molecule has 0 aliphatic heterocycles. The maximum atomic E-state index is 13.3. The Bertz CT molecular complexity index is 432. The quantitative estimate of drug-likeness (QED) is 0.761. The van der Waals surface area contributed by atoms with E-state index < -0.39 is 29.0 Å². The van der Waals surface area contributed by atoms with Gasteiger partial charge in [-0.1, -0.05) is 6.07 Å². The van der Waals surface area contributed by atoms with Crippen molar-refractivity contribution in [2.75, 3.05) is 25.6 Å². The second-order valence-electron chi connectivity index (χ2n) is 4.33. The van der Waals surface area contributed by atoms with E-state index in [1.54, 1.807) is 0 Å². The Hall–Kier alpha value is -1.73. The second kappa shape index (κ2) is 6.44. The van der Waals surface area contributed by atoms with Crippen molar-refractivity contribution in [3.63, 3.8) is 0 Å². The summed E-state index contributed by atoms with van der Waals surface area (Å²) >= 11 is 0. The van der Waals surface area contributed by atoms with Crippen molar-refractivity contribution in [3.8, 4) is 0 Å². The zero-order valence-corrected chi connectivity index (χ0v) is 10.7. The number of ether oxygens (including phenoxy) is 1. The molecule has 5 nitrogen and oxygen atoms in total. The summed E-state index contributed by atoms with van der Waals surface area (Å²) in [6.07, 6.45) is 0. The number of anilines is 1. The molecule has 0 bridgehead atoms. The number of carbonyl (C=O) groups is 1. The Kier molecular flexibility index (Phi) is 5.20. The topological polar surface area (TPSA) is 70.6 Å². The number of methoxy groups -OCH3 is 1. The number of hydrogen-bond acceptors (Lipinski definition) is 3.